The summed E-state index contributed by atoms with van der Waals surface area (Å²) in [7, 11) is 0. The van der Waals surface area contributed by atoms with E-state index in [1.165, 1.54) is 0 Å². The normalized spacial score (nSPS) is 56.8. The first kappa shape index (κ1) is 9.87. The van der Waals surface area contributed by atoms with Crippen molar-refractivity contribution in [2.24, 2.45) is 5.92 Å². The van der Waals surface area contributed by atoms with Gasteiger partial charge in [-0.15, -0.1) is 0 Å². The molecular weight excluding hydrogens is 212 g/mol. The summed E-state index contributed by atoms with van der Waals surface area (Å²) >= 11 is 0. The Morgan fingerprint density at radius 3 is 1.93 bits per heavy atom. The average molecular weight is 224 g/mol. The van der Waals surface area contributed by atoms with E-state index in [1.807, 2.05) is 0 Å². The molecule has 2 unspecified atom stereocenters. The highest BCUT2D eigenvalue weighted by molar-refractivity contribution is 5.09. The van der Waals surface area contributed by atoms with Gasteiger partial charge < -0.3 is 4.74 Å². The summed E-state index contributed by atoms with van der Waals surface area (Å²) in [5.74, 6) is -1.30. The van der Waals surface area contributed by atoms with E-state index >= 15 is 0 Å². The van der Waals surface area contributed by atoms with Crippen LogP contribution < -0.4 is 0 Å². The van der Waals surface area contributed by atoms with Gasteiger partial charge >= 0.3 is 6.11 Å². The van der Waals surface area contributed by atoms with Gasteiger partial charge in [0.25, 0.3) is 0 Å². The summed E-state index contributed by atoms with van der Waals surface area (Å²) in [5, 5.41) is 0. The van der Waals surface area contributed by atoms with Crippen LogP contribution in [0.25, 0.3) is 0 Å². The smallest absolute Gasteiger partial charge is 0.317 e. The molecule has 2 heterocycles. The Labute approximate surface area is 84.8 Å². The van der Waals surface area contributed by atoms with Crippen LogP contribution >= 0.6 is 0 Å². The van der Waals surface area contributed by atoms with Gasteiger partial charge in [0.2, 0.25) is 0 Å². The third-order valence-electron chi connectivity index (χ3n) is 3.84. The van der Waals surface area contributed by atoms with Crippen LogP contribution in [-0.4, -0.2) is 23.6 Å². The van der Waals surface area contributed by atoms with Crippen molar-refractivity contribution in [3.05, 3.63) is 0 Å². The minimum atomic E-state index is -3.35. The van der Waals surface area contributed by atoms with Gasteiger partial charge in [-0.05, 0) is 12.8 Å². The van der Waals surface area contributed by atoms with E-state index in [4.69, 9.17) is 0 Å². The van der Waals surface area contributed by atoms with Crippen molar-refractivity contribution in [2.45, 2.75) is 55.7 Å². The lowest BCUT2D eigenvalue weighted by Gasteiger charge is -2.45. The zero-order valence-electron chi connectivity index (χ0n) is 8.11. The van der Waals surface area contributed by atoms with Crippen LogP contribution in [-0.2, 0) is 4.74 Å². The summed E-state index contributed by atoms with van der Waals surface area (Å²) in [6.45, 7) is 0. The molecule has 2 aliphatic heterocycles. The van der Waals surface area contributed by atoms with Crippen LogP contribution in [0.5, 0.6) is 0 Å². The van der Waals surface area contributed by atoms with Crippen LogP contribution in [0.3, 0.4) is 0 Å². The number of rotatable bonds is 0. The molecule has 4 atom stereocenters. The maximum atomic E-state index is 14.1. The maximum Gasteiger partial charge on any atom is 0.359 e. The molecular formula is C10H12F4O. The molecule has 4 bridgehead atoms. The maximum absolute atomic E-state index is 14.1. The molecule has 2 saturated carbocycles. The number of halogens is 4. The highest BCUT2D eigenvalue weighted by Gasteiger charge is 2.64. The molecule has 2 aliphatic carbocycles. The van der Waals surface area contributed by atoms with Crippen LogP contribution in [0.1, 0.15) is 32.1 Å². The van der Waals surface area contributed by atoms with Crippen molar-refractivity contribution < 1.29 is 22.3 Å². The quantitative estimate of drug-likeness (QED) is 0.575. The second kappa shape index (κ2) is 2.50. The molecule has 5 heteroatoms. The molecule has 0 N–H and O–H groups in total. The predicted octanol–water partition coefficient (Wildman–Crippen LogP) is 2.99. The minimum absolute atomic E-state index is 0.0786. The lowest BCUT2D eigenvalue weighted by Crippen LogP contribution is -2.50. The lowest BCUT2D eigenvalue weighted by molar-refractivity contribution is -0.281. The van der Waals surface area contributed by atoms with Crippen molar-refractivity contribution in [3.8, 4) is 0 Å². The van der Waals surface area contributed by atoms with Crippen LogP contribution in [0.4, 0.5) is 17.6 Å². The third-order valence-corrected chi connectivity index (χ3v) is 3.84. The van der Waals surface area contributed by atoms with Crippen LogP contribution in [0.15, 0.2) is 0 Å². The van der Waals surface area contributed by atoms with E-state index in [0.717, 1.165) is 0 Å². The highest BCUT2D eigenvalue weighted by Crippen LogP contribution is 2.59. The van der Waals surface area contributed by atoms with E-state index in [1.54, 1.807) is 0 Å². The molecule has 0 aromatic rings. The van der Waals surface area contributed by atoms with Crippen molar-refractivity contribution in [3.63, 3.8) is 0 Å². The first-order chi connectivity index (χ1) is 6.80. The first-order valence-corrected chi connectivity index (χ1v) is 5.24. The zero-order chi connectivity index (χ0) is 10.9. The second-order valence-electron chi connectivity index (χ2n) is 5.29. The molecule has 1 nitrogen and oxygen atoms in total. The Morgan fingerprint density at radius 2 is 1.40 bits per heavy atom. The first-order valence-electron chi connectivity index (χ1n) is 5.24. The van der Waals surface area contributed by atoms with Gasteiger partial charge in [0, 0.05) is 19.3 Å². The molecule has 0 aromatic carbocycles. The average Bonchev–Trinajstić information content (AvgIpc) is 2.05. The molecule has 0 radical (unpaired) electrons. The Morgan fingerprint density at radius 1 is 0.867 bits per heavy atom. The Balaban J connectivity index is 2.04. The lowest BCUT2D eigenvalue weighted by atomic mass is 9.64. The fourth-order valence-corrected chi connectivity index (χ4v) is 3.51. The van der Waals surface area contributed by atoms with Crippen molar-refractivity contribution in [1.82, 2.24) is 0 Å². The number of alkyl halides is 4. The number of hydrogen-bond acceptors (Lipinski definition) is 1. The molecule has 4 aliphatic rings. The second-order valence-corrected chi connectivity index (χ2v) is 5.29. The van der Waals surface area contributed by atoms with Gasteiger partial charge in [-0.25, -0.2) is 8.78 Å². The van der Waals surface area contributed by atoms with E-state index in [9.17, 15) is 17.6 Å². The SMILES string of the molecule is FC1(F)OC2C[C@@]3(F)CC1C[C@@](F)(C2)C3. The fraction of sp³-hybridized carbons (Fsp3) is 1.00. The number of hydrogen-bond donors (Lipinski definition) is 0. The molecule has 0 amide bonds. The van der Waals surface area contributed by atoms with Gasteiger partial charge in [-0.3, -0.25) is 0 Å². The monoisotopic (exact) mass is 224 g/mol. The van der Waals surface area contributed by atoms with E-state index in [0.29, 0.717) is 0 Å². The molecule has 0 spiro atoms. The van der Waals surface area contributed by atoms with Gasteiger partial charge in [0.1, 0.15) is 11.3 Å². The Kier molecular flexibility index (Phi) is 1.64. The van der Waals surface area contributed by atoms with Gasteiger partial charge in [0.05, 0.1) is 12.0 Å². The predicted molar refractivity (Wildman–Crippen MR) is 44.1 cm³/mol. The fourth-order valence-electron chi connectivity index (χ4n) is 3.51. The van der Waals surface area contributed by atoms with Crippen LogP contribution in [0.2, 0.25) is 0 Å². The topological polar surface area (TPSA) is 9.23 Å². The van der Waals surface area contributed by atoms with Gasteiger partial charge in [0.15, 0.2) is 0 Å². The molecule has 4 rings (SSSR count). The highest BCUT2D eigenvalue weighted by atomic mass is 19.3. The minimum Gasteiger partial charge on any atom is -0.317 e. The largest absolute Gasteiger partial charge is 0.359 e. The molecule has 0 aromatic heterocycles. The Bertz CT molecular complexity index is 288. The zero-order valence-corrected chi connectivity index (χ0v) is 8.11. The molecule has 2 saturated heterocycles. The van der Waals surface area contributed by atoms with E-state index < -0.39 is 29.5 Å². The van der Waals surface area contributed by atoms with E-state index in [2.05, 4.69) is 4.74 Å². The molecule has 4 fully saturated rings. The van der Waals surface area contributed by atoms with E-state index in [-0.39, 0.29) is 32.1 Å². The molecule has 15 heavy (non-hydrogen) atoms. The summed E-state index contributed by atoms with van der Waals surface area (Å²) < 4.78 is 59.5. The van der Waals surface area contributed by atoms with Crippen molar-refractivity contribution in [1.29, 1.82) is 0 Å². The molecule has 86 valence electrons. The van der Waals surface area contributed by atoms with Crippen molar-refractivity contribution >= 4 is 0 Å². The summed E-state index contributed by atoms with van der Waals surface area (Å²) in [5.41, 5.74) is -3.55. The summed E-state index contributed by atoms with van der Waals surface area (Å²) in [6.07, 6.45) is -5.23. The summed E-state index contributed by atoms with van der Waals surface area (Å²) in [4.78, 5) is 0. The third kappa shape index (κ3) is 1.39. The summed E-state index contributed by atoms with van der Waals surface area (Å²) in [6, 6.07) is 0. The standard InChI is InChI=1S/C10H12F4O/c11-8-1-6-2-9(12,5-8)4-7(3-8)15-10(6,13)14/h6-7H,1-5H2/t6?,7?,8-,9+. The number of ether oxygens (including phenoxy) is 1. The van der Waals surface area contributed by atoms with Gasteiger partial charge in [-0.2, -0.15) is 8.78 Å². The van der Waals surface area contributed by atoms with Gasteiger partial charge in [-0.1, -0.05) is 0 Å². The van der Waals surface area contributed by atoms with Crippen LogP contribution in [0, 0.1) is 5.92 Å². The Hall–Kier alpha value is -0.320. The van der Waals surface area contributed by atoms with Crippen molar-refractivity contribution in [2.75, 3.05) is 0 Å². The number of fused-ring (bicyclic) bond motifs is 1.